The Bertz CT molecular complexity index is 770. The van der Waals surface area contributed by atoms with Crippen LogP contribution in [0.3, 0.4) is 0 Å². The van der Waals surface area contributed by atoms with Gasteiger partial charge in [-0.15, -0.1) is 0 Å². The summed E-state index contributed by atoms with van der Waals surface area (Å²) in [4.78, 5) is 22.0. The fraction of sp³-hybridized carbons (Fsp3) is 0.400. The molecule has 136 valence electrons. The molecule has 5 rings (SSSR count). The number of carbonyl (C=O) groups excluding carboxylic acids is 1. The van der Waals surface area contributed by atoms with Crippen molar-refractivity contribution in [3.05, 3.63) is 48.2 Å². The molecule has 0 saturated carbocycles. The highest BCUT2D eigenvalue weighted by Crippen LogP contribution is 2.26. The summed E-state index contributed by atoms with van der Waals surface area (Å²) in [6.45, 7) is 4.51. The van der Waals surface area contributed by atoms with Crippen molar-refractivity contribution < 1.29 is 9.53 Å². The number of nitrogens with zero attached hydrogens (tertiary/aromatic N) is 3. The van der Waals surface area contributed by atoms with Crippen LogP contribution in [0.15, 0.2) is 42.6 Å². The van der Waals surface area contributed by atoms with Crippen LogP contribution in [0, 0.1) is 0 Å². The summed E-state index contributed by atoms with van der Waals surface area (Å²) in [5.41, 5.74) is 1.26. The molecule has 3 saturated heterocycles. The van der Waals surface area contributed by atoms with E-state index in [1.54, 1.807) is 31.5 Å². The molecule has 6 heteroatoms. The number of hydrogen-bond acceptors (Lipinski definition) is 5. The molecule has 1 N–H and O–H groups in total. The van der Waals surface area contributed by atoms with Crippen molar-refractivity contribution in [3.63, 3.8) is 0 Å². The molecule has 3 aliphatic heterocycles. The lowest BCUT2D eigenvalue weighted by molar-refractivity contribution is 0.102. The molecule has 0 radical (unpaired) electrons. The van der Waals surface area contributed by atoms with Crippen molar-refractivity contribution in [2.45, 2.75) is 18.9 Å². The minimum atomic E-state index is -0.167. The smallest absolute Gasteiger partial charge is 0.255 e. The molecule has 26 heavy (non-hydrogen) atoms. The lowest BCUT2D eigenvalue weighted by Crippen LogP contribution is -2.38. The van der Waals surface area contributed by atoms with Gasteiger partial charge in [0, 0.05) is 37.8 Å². The monoisotopic (exact) mass is 352 g/mol. The van der Waals surface area contributed by atoms with Crippen LogP contribution in [0.2, 0.25) is 0 Å². The van der Waals surface area contributed by atoms with Gasteiger partial charge in [-0.1, -0.05) is 6.07 Å². The Kier molecular flexibility index (Phi) is 4.75. The molecule has 3 fully saturated rings. The molecule has 0 spiro atoms. The average Bonchev–Trinajstić information content (AvgIpc) is 3.02. The molecule has 1 amide bonds. The summed E-state index contributed by atoms with van der Waals surface area (Å²) in [6, 6.07) is 11.6. The lowest BCUT2D eigenvalue weighted by atomic mass is 10.1. The molecule has 4 heterocycles. The highest BCUT2D eigenvalue weighted by Gasteiger charge is 2.29. The molecule has 3 aliphatic rings. The van der Waals surface area contributed by atoms with Crippen LogP contribution in [0.25, 0.3) is 0 Å². The third kappa shape index (κ3) is 3.51. The zero-order chi connectivity index (χ0) is 17.9. The molecular weight excluding hydrogens is 328 g/mol. The van der Waals surface area contributed by atoms with E-state index in [9.17, 15) is 4.79 Å². The minimum Gasteiger partial charge on any atom is -0.497 e. The third-order valence-electron chi connectivity index (χ3n) is 5.29. The summed E-state index contributed by atoms with van der Waals surface area (Å²) in [6.07, 6.45) is 4.15. The quantitative estimate of drug-likeness (QED) is 0.917. The highest BCUT2D eigenvalue weighted by atomic mass is 16.5. The standard InChI is InChI=1S/C20H24N4O2/c1-26-18-4-2-3-15(13-18)20(25)22-16-5-6-19(21-14-16)24-12-11-23-9-7-17(24)8-10-23/h2-6,13-14,17H,7-12H2,1H3,(H,22,25). The van der Waals surface area contributed by atoms with Gasteiger partial charge in [-0.2, -0.15) is 0 Å². The van der Waals surface area contributed by atoms with Gasteiger partial charge in [-0.05, 0) is 43.2 Å². The average molecular weight is 352 g/mol. The van der Waals surface area contributed by atoms with Crippen LogP contribution in [0.1, 0.15) is 23.2 Å². The second kappa shape index (κ2) is 7.33. The fourth-order valence-electron chi connectivity index (χ4n) is 3.79. The predicted molar refractivity (Wildman–Crippen MR) is 102 cm³/mol. The van der Waals surface area contributed by atoms with Crippen LogP contribution in [0.5, 0.6) is 5.75 Å². The van der Waals surface area contributed by atoms with E-state index in [1.165, 1.54) is 25.9 Å². The number of benzene rings is 1. The van der Waals surface area contributed by atoms with E-state index in [0.717, 1.165) is 18.9 Å². The van der Waals surface area contributed by atoms with E-state index in [1.807, 2.05) is 18.2 Å². The number of carbonyl (C=O) groups is 1. The number of amides is 1. The van der Waals surface area contributed by atoms with Crippen LogP contribution in [-0.4, -0.2) is 55.1 Å². The number of ether oxygens (including phenoxy) is 1. The Balaban J connectivity index is 1.45. The number of rotatable bonds is 4. The molecule has 0 unspecified atom stereocenters. The first-order valence-corrected chi connectivity index (χ1v) is 9.13. The molecule has 0 atom stereocenters. The van der Waals surface area contributed by atoms with Gasteiger partial charge in [0.15, 0.2) is 0 Å². The highest BCUT2D eigenvalue weighted by molar-refractivity contribution is 6.04. The predicted octanol–water partition coefficient (Wildman–Crippen LogP) is 2.63. The second-order valence-electron chi connectivity index (χ2n) is 6.86. The summed E-state index contributed by atoms with van der Waals surface area (Å²) >= 11 is 0. The number of piperidine rings is 1. The van der Waals surface area contributed by atoms with Crippen molar-refractivity contribution in [2.75, 3.05) is 43.5 Å². The normalized spacial score (nSPS) is 22.0. The molecule has 6 nitrogen and oxygen atoms in total. The first-order chi connectivity index (χ1) is 12.7. The van der Waals surface area contributed by atoms with E-state index in [0.29, 0.717) is 23.0 Å². The number of aromatic nitrogens is 1. The van der Waals surface area contributed by atoms with E-state index in [2.05, 4.69) is 20.1 Å². The van der Waals surface area contributed by atoms with Gasteiger partial charge in [-0.25, -0.2) is 4.98 Å². The Hall–Kier alpha value is -2.60. The van der Waals surface area contributed by atoms with Crippen molar-refractivity contribution in [3.8, 4) is 5.75 Å². The number of methoxy groups -OCH3 is 1. The first kappa shape index (κ1) is 16.8. The molecular formula is C20H24N4O2. The first-order valence-electron chi connectivity index (χ1n) is 9.13. The van der Waals surface area contributed by atoms with Crippen LogP contribution in [0.4, 0.5) is 11.5 Å². The zero-order valence-electron chi connectivity index (χ0n) is 15.0. The Morgan fingerprint density at radius 3 is 2.73 bits per heavy atom. The van der Waals surface area contributed by atoms with E-state index in [4.69, 9.17) is 4.74 Å². The summed E-state index contributed by atoms with van der Waals surface area (Å²) in [5, 5.41) is 2.90. The minimum absolute atomic E-state index is 0.167. The maximum Gasteiger partial charge on any atom is 0.255 e. The Labute approximate surface area is 153 Å². The SMILES string of the molecule is COc1cccc(C(=O)Nc2ccc(N3CCN4CCC3CC4)nc2)c1. The number of fused-ring (bicyclic) bond motifs is 4. The van der Waals surface area contributed by atoms with E-state index >= 15 is 0 Å². The second-order valence-corrected chi connectivity index (χ2v) is 6.86. The molecule has 0 aliphatic carbocycles. The molecule has 2 bridgehead atoms. The maximum absolute atomic E-state index is 12.4. The van der Waals surface area contributed by atoms with Crippen molar-refractivity contribution in [1.29, 1.82) is 0 Å². The lowest BCUT2D eigenvalue weighted by Gasteiger charge is -2.32. The van der Waals surface area contributed by atoms with Gasteiger partial charge in [0.1, 0.15) is 11.6 Å². The number of hydrogen-bond donors (Lipinski definition) is 1. The van der Waals surface area contributed by atoms with Crippen molar-refractivity contribution in [2.24, 2.45) is 0 Å². The largest absolute Gasteiger partial charge is 0.497 e. The van der Waals surface area contributed by atoms with Gasteiger partial charge in [0.05, 0.1) is 19.0 Å². The van der Waals surface area contributed by atoms with Crippen LogP contribution >= 0.6 is 0 Å². The zero-order valence-corrected chi connectivity index (χ0v) is 15.0. The van der Waals surface area contributed by atoms with E-state index in [-0.39, 0.29) is 5.91 Å². The maximum atomic E-state index is 12.4. The Morgan fingerprint density at radius 1 is 1.15 bits per heavy atom. The van der Waals surface area contributed by atoms with Gasteiger partial charge >= 0.3 is 0 Å². The fourth-order valence-corrected chi connectivity index (χ4v) is 3.79. The van der Waals surface area contributed by atoms with Crippen molar-refractivity contribution >= 4 is 17.4 Å². The number of pyridine rings is 1. The van der Waals surface area contributed by atoms with Gasteiger partial charge in [0.2, 0.25) is 0 Å². The van der Waals surface area contributed by atoms with Crippen molar-refractivity contribution in [1.82, 2.24) is 9.88 Å². The third-order valence-corrected chi connectivity index (χ3v) is 5.29. The number of nitrogens with one attached hydrogen (secondary N) is 1. The summed E-state index contributed by atoms with van der Waals surface area (Å²) in [7, 11) is 1.59. The van der Waals surface area contributed by atoms with E-state index < -0.39 is 0 Å². The topological polar surface area (TPSA) is 57.7 Å². The van der Waals surface area contributed by atoms with Crippen LogP contribution in [-0.2, 0) is 0 Å². The molecule has 2 aromatic rings. The number of anilines is 2. The Morgan fingerprint density at radius 2 is 2.00 bits per heavy atom. The van der Waals surface area contributed by atoms with Gasteiger partial charge < -0.3 is 19.9 Å². The van der Waals surface area contributed by atoms with Gasteiger partial charge in [-0.3, -0.25) is 4.79 Å². The molecule has 1 aromatic heterocycles. The molecule has 1 aromatic carbocycles. The van der Waals surface area contributed by atoms with Crippen LogP contribution < -0.4 is 15.0 Å². The summed E-state index contributed by atoms with van der Waals surface area (Å²) in [5.74, 6) is 1.50. The van der Waals surface area contributed by atoms with Gasteiger partial charge in [0.25, 0.3) is 5.91 Å². The summed E-state index contributed by atoms with van der Waals surface area (Å²) < 4.78 is 5.17.